The number of hydrogen-bond donors (Lipinski definition) is 1. The summed E-state index contributed by atoms with van der Waals surface area (Å²) < 4.78 is 5.62. The SMILES string of the molecule is CCN(CC)C(=O)[C@H]1CCCN(C(=O)c2coc(CN3CCN(C[C@H](O)C(C)C)CC3)n2)C1. The first-order chi connectivity index (χ1) is 15.8. The molecular formula is C24H41N5O4. The van der Waals surface area contributed by atoms with Gasteiger partial charge in [0.2, 0.25) is 11.8 Å². The van der Waals surface area contributed by atoms with Crippen LogP contribution in [0.4, 0.5) is 0 Å². The number of aromatic nitrogens is 1. The molecule has 3 rings (SSSR count). The number of nitrogens with zero attached hydrogens (tertiary/aromatic N) is 5. The molecule has 1 N–H and O–H groups in total. The van der Waals surface area contributed by atoms with E-state index in [1.807, 2.05) is 32.6 Å². The van der Waals surface area contributed by atoms with Gasteiger partial charge in [0, 0.05) is 58.9 Å². The molecule has 186 valence electrons. The number of β-amino-alcohol motifs (C(OH)–C–C–N with tert-alkyl or cyclic N) is 1. The first-order valence-corrected chi connectivity index (χ1v) is 12.5. The van der Waals surface area contributed by atoms with Gasteiger partial charge < -0.3 is 19.3 Å². The van der Waals surface area contributed by atoms with Gasteiger partial charge in [0.05, 0.1) is 18.6 Å². The number of aliphatic hydroxyl groups is 1. The Bertz CT molecular complexity index is 771. The molecule has 0 radical (unpaired) electrons. The van der Waals surface area contributed by atoms with Crippen LogP contribution in [-0.4, -0.2) is 107 Å². The number of oxazole rings is 1. The van der Waals surface area contributed by atoms with E-state index in [1.54, 1.807) is 4.90 Å². The highest BCUT2D eigenvalue weighted by Crippen LogP contribution is 2.21. The Hall–Kier alpha value is -1.97. The number of likely N-dealkylation sites (tertiary alicyclic amines) is 1. The maximum absolute atomic E-state index is 13.0. The van der Waals surface area contributed by atoms with Gasteiger partial charge in [-0.1, -0.05) is 13.8 Å². The van der Waals surface area contributed by atoms with Crippen LogP contribution in [-0.2, 0) is 11.3 Å². The molecule has 2 amide bonds. The topological polar surface area (TPSA) is 93.4 Å². The normalized spacial score (nSPS) is 21.4. The van der Waals surface area contributed by atoms with Crippen LogP contribution >= 0.6 is 0 Å². The maximum atomic E-state index is 13.0. The molecule has 1 aromatic heterocycles. The molecule has 0 spiro atoms. The predicted octanol–water partition coefficient (Wildman–Crippen LogP) is 1.53. The van der Waals surface area contributed by atoms with Crippen molar-refractivity contribution >= 4 is 11.8 Å². The van der Waals surface area contributed by atoms with Crippen LogP contribution < -0.4 is 0 Å². The Balaban J connectivity index is 1.50. The average molecular weight is 464 g/mol. The van der Waals surface area contributed by atoms with Crippen molar-refractivity contribution in [2.24, 2.45) is 11.8 Å². The molecule has 1 aromatic rings. The fourth-order valence-electron chi connectivity index (χ4n) is 4.60. The largest absolute Gasteiger partial charge is 0.447 e. The van der Waals surface area contributed by atoms with Crippen LogP contribution in [0.2, 0.25) is 0 Å². The zero-order valence-electron chi connectivity index (χ0n) is 20.7. The third-order valence-electron chi connectivity index (χ3n) is 6.94. The minimum absolute atomic E-state index is 0.137. The van der Waals surface area contributed by atoms with Crippen LogP contribution in [0.1, 0.15) is 56.9 Å². The summed E-state index contributed by atoms with van der Waals surface area (Å²) in [7, 11) is 0. The molecule has 2 atom stereocenters. The van der Waals surface area contributed by atoms with Crippen molar-refractivity contribution < 1.29 is 19.1 Å². The van der Waals surface area contributed by atoms with Gasteiger partial charge >= 0.3 is 0 Å². The molecule has 0 bridgehead atoms. The van der Waals surface area contributed by atoms with Crippen LogP contribution in [0.3, 0.4) is 0 Å². The van der Waals surface area contributed by atoms with E-state index in [1.165, 1.54) is 6.26 Å². The van der Waals surface area contributed by atoms with Gasteiger partial charge in [0.1, 0.15) is 6.26 Å². The maximum Gasteiger partial charge on any atom is 0.275 e. The van der Waals surface area contributed by atoms with Crippen LogP contribution in [0.25, 0.3) is 0 Å². The molecular weight excluding hydrogens is 422 g/mol. The van der Waals surface area contributed by atoms with Crippen molar-refractivity contribution in [3.63, 3.8) is 0 Å². The fraction of sp³-hybridized carbons (Fsp3) is 0.792. The van der Waals surface area contributed by atoms with Crippen molar-refractivity contribution in [3.05, 3.63) is 17.8 Å². The molecule has 3 heterocycles. The molecule has 0 aliphatic carbocycles. The molecule has 2 saturated heterocycles. The van der Waals surface area contributed by atoms with E-state index in [0.29, 0.717) is 50.9 Å². The van der Waals surface area contributed by atoms with Gasteiger partial charge in [-0.05, 0) is 32.6 Å². The summed E-state index contributed by atoms with van der Waals surface area (Å²) in [4.78, 5) is 38.4. The highest BCUT2D eigenvalue weighted by molar-refractivity contribution is 5.92. The lowest BCUT2D eigenvalue weighted by molar-refractivity contribution is -0.136. The summed E-state index contributed by atoms with van der Waals surface area (Å²) in [6, 6.07) is 0. The smallest absolute Gasteiger partial charge is 0.275 e. The Morgan fingerprint density at radius 1 is 1.15 bits per heavy atom. The first-order valence-electron chi connectivity index (χ1n) is 12.5. The van der Waals surface area contributed by atoms with Crippen molar-refractivity contribution in [2.45, 2.75) is 53.2 Å². The van der Waals surface area contributed by atoms with Crippen LogP contribution in [0, 0.1) is 11.8 Å². The van der Waals surface area contributed by atoms with Crippen molar-refractivity contribution in [1.82, 2.24) is 24.6 Å². The monoisotopic (exact) mass is 463 g/mol. The average Bonchev–Trinajstić information content (AvgIpc) is 3.29. The lowest BCUT2D eigenvalue weighted by Gasteiger charge is -2.35. The summed E-state index contributed by atoms with van der Waals surface area (Å²) in [5.41, 5.74) is 0.319. The lowest BCUT2D eigenvalue weighted by Crippen LogP contribution is -2.48. The second-order valence-corrected chi connectivity index (χ2v) is 9.62. The highest BCUT2D eigenvalue weighted by Gasteiger charge is 2.32. The van der Waals surface area contributed by atoms with E-state index in [2.05, 4.69) is 14.8 Å². The van der Waals surface area contributed by atoms with Crippen molar-refractivity contribution in [2.75, 3.05) is 58.9 Å². The summed E-state index contributed by atoms with van der Waals surface area (Å²) in [6.07, 6.45) is 2.80. The number of hydrogen-bond acceptors (Lipinski definition) is 7. The predicted molar refractivity (Wildman–Crippen MR) is 126 cm³/mol. The number of piperidine rings is 1. The molecule has 0 saturated carbocycles. The van der Waals surface area contributed by atoms with E-state index in [-0.39, 0.29) is 29.8 Å². The Morgan fingerprint density at radius 2 is 1.82 bits per heavy atom. The van der Waals surface area contributed by atoms with Crippen LogP contribution in [0.15, 0.2) is 10.7 Å². The Morgan fingerprint density at radius 3 is 2.45 bits per heavy atom. The Labute approximate surface area is 197 Å². The van der Waals surface area contributed by atoms with Crippen molar-refractivity contribution in [3.8, 4) is 0 Å². The Kier molecular flexibility index (Phi) is 9.28. The molecule has 0 aromatic carbocycles. The fourth-order valence-corrected chi connectivity index (χ4v) is 4.60. The van der Waals surface area contributed by atoms with E-state index < -0.39 is 0 Å². The number of piperazine rings is 1. The number of carbonyl (C=O) groups excluding carboxylic acids is 2. The second-order valence-electron chi connectivity index (χ2n) is 9.62. The van der Waals surface area contributed by atoms with E-state index >= 15 is 0 Å². The molecule has 2 fully saturated rings. The highest BCUT2D eigenvalue weighted by atomic mass is 16.3. The quantitative estimate of drug-likeness (QED) is 0.594. The van der Waals surface area contributed by atoms with Gasteiger partial charge in [-0.25, -0.2) is 4.98 Å². The standard InChI is InChI=1S/C24H41N5O4/c1-5-28(6-2)23(31)19-8-7-9-29(14-19)24(32)20-17-33-22(25-20)16-27-12-10-26(11-13-27)15-21(30)18(3)4/h17-19,21,30H,5-16H2,1-4H3/t19-,21-/m0/s1. The van der Waals surface area contributed by atoms with E-state index in [9.17, 15) is 14.7 Å². The van der Waals surface area contributed by atoms with Crippen molar-refractivity contribution in [1.29, 1.82) is 0 Å². The zero-order valence-corrected chi connectivity index (χ0v) is 20.7. The van der Waals surface area contributed by atoms with Gasteiger partial charge in [-0.15, -0.1) is 0 Å². The zero-order chi connectivity index (χ0) is 24.0. The van der Waals surface area contributed by atoms with Gasteiger partial charge in [0.25, 0.3) is 5.91 Å². The van der Waals surface area contributed by atoms with Gasteiger partial charge in [-0.3, -0.25) is 19.4 Å². The molecule has 2 aliphatic heterocycles. The van der Waals surface area contributed by atoms with Gasteiger partial charge in [-0.2, -0.15) is 0 Å². The van der Waals surface area contributed by atoms with E-state index in [4.69, 9.17) is 4.42 Å². The minimum atomic E-state index is -0.298. The third kappa shape index (κ3) is 6.77. The lowest BCUT2D eigenvalue weighted by atomic mass is 9.96. The van der Waals surface area contributed by atoms with Crippen LogP contribution in [0.5, 0.6) is 0 Å². The first kappa shape index (κ1) is 25.6. The third-order valence-corrected chi connectivity index (χ3v) is 6.94. The number of aliphatic hydroxyl groups excluding tert-OH is 1. The van der Waals surface area contributed by atoms with Gasteiger partial charge in [0.15, 0.2) is 5.69 Å². The molecule has 2 aliphatic rings. The summed E-state index contributed by atoms with van der Waals surface area (Å²) in [5, 5.41) is 10.1. The summed E-state index contributed by atoms with van der Waals surface area (Å²) in [5.74, 6) is 0.644. The summed E-state index contributed by atoms with van der Waals surface area (Å²) >= 11 is 0. The van der Waals surface area contributed by atoms with E-state index in [0.717, 1.165) is 39.0 Å². The minimum Gasteiger partial charge on any atom is -0.447 e. The number of carbonyl (C=O) groups is 2. The number of rotatable bonds is 9. The summed E-state index contributed by atoms with van der Waals surface area (Å²) in [6.45, 7) is 15.3. The molecule has 9 nitrogen and oxygen atoms in total. The number of amides is 2. The molecule has 0 unspecified atom stereocenters. The molecule has 9 heteroatoms. The molecule has 33 heavy (non-hydrogen) atoms. The second kappa shape index (κ2) is 11.9.